The molecule has 1 aliphatic carbocycles. The van der Waals surface area contributed by atoms with Crippen molar-refractivity contribution in [2.45, 2.75) is 38.8 Å². The van der Waals surface area contributed by atoms with Gasteiger partial charge in [0.15, 0.2) is 0 Å². The lowest BCUT2D eigenvalue weighted by Gasteiger charge is -2.33. The van der Waals surface area contributed by atoms with Crippen molar-refractivity contribution < 1.29 is 13.2 Å². The summed E-state index contributed by atoms with van der Waals surface area (Å²) in [7, 11) is -3.11. The molecule has 1 saturated carbocycles. The van der Waals surface area contributed by atoms with Crippen LogP contribution in [0.25, 0.3) is 0 Å². The van der Waals surface area contributed by atoms with Gasteiger partial charge in [-0.3, -0.25) is 4.90 Å². The summed E-state index contributed by atoms with van der Waals surface area (Å²) in [5, 5.41) is 0.639. The fraction of sp³-hybridized carbons (Fsp3) is 0.600. The van der Waals surface area contributed by atoms with E-state index in [1.54, 1.807) is 4.31 Å². The normalized spacial score (nSPS) is 25.7. The van der Waals surface area contributed by atoms with Gasteiger partial charge in [0.25, 0.3) is 0 Å². The molecule has 5 rings (SSSR count). The summed E-state index contributed by atoms with van der Waals surface area (Å²) < 4.78 is 31.3. The summed E-state index contributed by atoms with van der Waals surface area (Å²) in [4.78, 5) is 13.7. The first kappa shape index (κ1) is 24.7. The Morgan fingerprint density at radius 3 is 2.26 bits per heavy atom. The van der Waals surface area contributed by atoms with Gasteiger partial charge in [0.2, 0.25) is 16.0 Å². The molecule has 3 atom stereocenters. The largest absolute Gasteiger partial charge is 0.489 e. The number of piperazine rings is 1. The van der Waals surface area contributed by atoms with Gasteiger partial charge in [-0.1, -0.05) is 24.6 Å². The van der Waals surface area contributed by atoms with Crippen molar-refractivity contribution in [1.29, 1.82) is 0 Å². The molecule has 0 radical (unpaired) electrons. The van der Waals surface area contributed by atoms with Gasteiger partial charge >= 0.3 is 0 Å². The highest BCUT2D eigenvalue weighted by Crippen LogP contribution is 2.41. The van der Waals surface area contributed by atoms with Crippen molar-refractivity contribution >= 4 is 27.6 Å². The van der Waals surface area contributed by atoms with E-state index in [0.29, 0.717) is 29.9 Å². The van der Waals surface area contributed by atoms with Crippen LogP contribution in [0.2, 0.25) is 5.02 Å². The Morgan fingerprint density at radius 2 is 1.69 bits per heavy atom. The fourth-order valence-corrected chi connectivity index (χ4v) is 6.67. The zero-order valence-corrected chi connectivity index (χ0v) is 22.0. The summed E-state index contributed by atoms with van der Waals surface area (Å²) in [5.74, 6) is 2.78. The van der Waals surface area contributed by atoms with Crippen LogP contribution in [-0.2, 0) is 23.0 Å². The van der Waals surface area contributed by atoms with Crippen molar-refractivity contribution in [1.82, 2.24) is 19.2 Å². The molecule has 1 unspecified atom stereocenters. The molecule has 3 fully saturated rings. The van der Waals surface area contributed by atoms with Gasteiger partial charge in [-0.25, -0.2) is 18.4 Å². The smallest absolute Gasteiger partial charge is 0.225 e. The molecule has 2 aromatic rings. The number of sulfonamides is 1. The number of rotatable bonds is 7. The first-order chi connectivity index (χ1) is 16.8. The van der Waals surface area contributed by atoms with E-state index >= 15 is 0 Å². The Balaban J connectivity index is 1.12. The highest BCUT2D eigenvalue weighted by molar-refractivity contribution is 7.88. The van der Waals surface area contributed by atoms with Gasteiger partial charge in [-0.2, -0.15) is 4.31 Å². The minimum absolute atomic E-state index is 0.183. The molecule has 35 heavy (non-hydrogen) atoms. The number of hydrogen-bond donors (Lipinski definition) is 0. The quantitative estimate of drug-likeness (QED) is 0.556. The molecule has 8 nitrogen and oxygen atoms in total. The number of nitrogens with zero attached hydrogens (tertiary/aromatic N) is 5. The van der Waals surface area contributed by atoms with Crippen LogP contribution in [0.3, 0.4) is 0 Å². The number of fused-ring (bicyclic) bond motifs is 1. The minimum atomic E-state index is -3.11. The van der Waals surface area contributed by atoms with Gasteiger partial charge in [-0.15, -0.1) is 0 Å². The van der Waals surface area contributed by atoms with E-state index in [4.69, 9.17) is 16.3 Å². The third-order valence-corrected chi connectivity index (χ3v) is 9.19. The highest BCUT2D eigenvalue weighted by atomic mass is 35.5. The number of aromatic nitrogens is 2. The Kier molecular flexibility index (Phi) is 7.21. The SMILES string of the molecule is CCc1cnc(N2C[C@H]3CC(Oc4ccc(CN5CCN(S(C)(=O)=O)CC5)cc4Cl)C[C@H]3C2)nc1. The van der Waals surface area contributed by atoms with Crippen LogP contribution >= 0.6 is 11.6 Å². The lowest BCUT2D eigenvalue weighted by molar-refractivity contribution is 0.182. The van der Waals surface area contributed by atoms with E-state index in [-0.39, 0.29) is 6.10 Å². The number of ether oxygens (including phenoxy) is 1. The maximum Gasteiger partial charge on any atom is 0.225 e. The summed E-state index contributed by atoms with van der Waals surface area (Å²) in [6.07, 6.45) is 8.33. The number of benzene rings is 1. The van der Waals surface area contributed by atoms with Crippen LogP contribution in [0, 0.1) is 11.8 Å². The first-order valence-corrected chi connectivity index (χ1v) is 14.7. The number of hydrogen-bond acceptors (Lipinski definition) is 7. The van der Waals surface area contributed by atoms with E-state index in [2.05, 4.69) is 32.8 Å². The third-order valence-electron chi connectivity index (χ3n) is 7.59. The molecule has 2 aliphatic heterocycles. The molecule has 10 heteroatoms. The Bertz CT molecular complexity index is 1120. The van der Waals surface area contributed by atoms with Crippen LogP contribution < -0.4 is 9.64 Å². The lowest BCUT2D eigenvalue weighted by atomic mass is 10.0. The molecular formula is C25H34ClN5O3S. The monoisotopic (exact) mass is 519 g/mol. The maximum atomic E-state index is 11.7. The van der Waals surface area contributed by atoms with Gasteiger partial charge in [0.05, 0.1) is 17.4 Å². The fourth-order valence-electron chi connectivity index (χ4n) is 5.59. The summed E-state index contributed by atoms with van der Waals surface area (Å²) >= 11 is 6.60. The second-order valence-electron chi connectivity index (χ2n) is 10.1. The minimum Gasteiger partial charge on any atom is -0.489 e. The van der Waals surface area contributed by atoms with Crippen LogP contribution in [0.4, 0.5) is 5.95 Å². The van der Waals surface area contributed by atoms with Crippen molar-refractivity contribution in [2.75, 3.05) is 50.4 Å². The van der Waals surface area contributed by atoms with Crippen LogP contribution in [0.5, 0.6) is 5.75 Å². The summed E-state index contributed by atoms with van der Waals surface area (Å²) in [6.45, 7) is 7.34. The van der Waals surface area contributed by atoms with Crippen LogP contribution in [-0.4, -0.2) is 79.2 Å². The van der Waals surface area contributed by atoms with Crippen molar-refractivity contribution in [2.24, 2.45) is 11.8 Å². The molecule has 1 aromatic heterocycles. The Hall–Kier alpha value is -1.94. The van der Waals surface area contributed by atoms with E-state index < -0.39 is 10.0 Å². The molecule has 3 heterocycles. The molecule has 0 amide bonds. The van der Waals surface area contributed by atoms with E-state index in [1.807, 2.05) is 24.5 Å². The average Bonchev–Trinajstić information content (AvgIpc) is 3.39. The standard InChI is InChI=1S/C25H34ClN5O3S/c1-3-18-13-27-25(28-14-18)30-16-20-11-22(12-21(20)17-30)34-24-5-4-19(10-23(24)26)15-29-6-8-31(9-7-29)35(2,32)33/h4-5,10,13-14,20-22H,3,6-9,11-12,15-17H2,1-2H3/t20-,21+,22?. The highest BCUT2D eigenvalue weighted by Gasteiger charge is 2.42. The Morgan fingerprint density at radius 1 is 1.03 bits per heavy atom. The second kappa shape index (κ2) is 10.2. The average molecular weight is 520 g/mol. The number of anilines is 1. The van der Waals surface area contributed by atoms with Gasteiger partial charge < -0.3 is 9.64 Å². The van der Waals surface area contributed by atoms with Crippen molar-refractivity contribution in [3.05, 3.63) is 46.7 Å². The van der Waals surface area contributed by atoms with Gasteiger partial charge in [0, 0.05) is 58.2 Å². The van der Waals surface area contributed by atoms with Crippen LogP contribution in [0.15, 0.2) is 30.6 Å². The number of aryl methyl sites for hydroxylation is 1. The zero-order chi connectivity index (χ0) is 24.6. The third kappa shape index (κ3) is 5.74. The van der Waals surface area contributed by atoms with E-state index in [9.17, 15) is 8.42 Å². The molecule has 0 N–H and O–H groups in total. The van der Waals surface area contributed by atoms with Crippen LogP contribution in [0.1, 0.15) is 30.9 Å². The predicted octanol–water partition coefficient (Wildman–Crippen LogP) is 3.06. The molecule has 2 saturated heterocycles. The molecule has 0 bridgehead atoms. The predicted molar refractivity (Wildman–Crippen MR) is 137 cm³/mol. The van der Waals surface area contributed by atoms with E-state index in [1.165, 1.54) is 11.8 Å². The summed E-state index contributed by atoms with van der Waals surface area (Å²) in [6, 6.07) is 6.03. The second-order valence-corrected chi connectivity index (χ2v) is 12.5. The van der Waals surface area contributed by atoms with Crippen molar-refractivity contribution in [3.63, 3.8) is 0 Å². The van der Waals surface area contributed by atoms with Gasteiger partial charge in [0.1, 0.15) is 5.75 Å². The molecule has 1 aromatic carbocycles. The molecule has 0 spiro atoms. The summed E-state index contributed by atoms with van der Waals surface area (Å²) in [5.41, 5.74) is 2.28. The Labute approximate surface area is 213 Å². The molecule has 3 aliphatic rings. The zero-order valence-electron chi connectivity index (χ0n) is 20.4. The van der Waals surface area contributed by atoms with Crippen molar-refractivity contribution in [3.8, 4) is 5.75 Å². The lowest BCUT2D eigenvalue weighted by Crippen LogP contribution is -2.47. The number of halogens is 1. The van der Waals surface area contributed by atoms with Gasteiger partial charge in [-0.05, 0) is 54.4 Å². The maximum absolute atomic E-state index is 11.7. The molecular weight excluding hydrogens is 486 g/mol. The first-order valence-electron chi connectivity index (χ1n) is 12.5. The topological polar surface area (TPSA) is 78.9 Å². The van der Waals surface area contributed by atoms with E-state index in [0.717, 1.165) is 69.2 Å². The molecule has 190 valence electrons.